The number of piperidine rings is 1. The predicted octanol–water partition coefficient (Wildman–Crippen LogP) is 3.41. The summed E-state index contributed by atoms with van der Waals surface area (Å²) in [5.74, 6) is 1.60. The van der Waals surface area contributed by atoms with Crippen LogP contribution in [0.3, 0.4) is 0 Å². The maximum atomic E-state index is 13.3. The van der Waals surface area contributed by atoms with E-state index in [0.29, 0.717) is 67.4 Å². The van der Waals surface area contributed by atoms with Gasteiger partial charge in [-0.1, -0.05) is 6.07 Å². The molecule has 6 rings (SSSR count). The van der Waals surface area contributed by atoms with Gasteiger partial charge in [-0.3, -0.25) is 14.4 Å². The molecule has 4 heterocycles. The van der Waals surface area contributed by atoms with E-state index in [0.717, 1.165) is 11.1 Å². The molecule has 0 saturated carbocycles. The number of hydrogen-bond donors (Lipinski definition) is 0. The molecule has 4 aliphatic rings. The van der Waals surface area contributed by atoms with Crippen molar-refractivity contribution < 1.29 is 28.6 Å². The average Bonchev–Trinajstić information content (AvgIpc) is 3.46. The van der Waals surface area contributed by atoms with Gasteiger partial charge in [-0.2, -0.15) is 0 Å². The first-order valence-electron chi connectivity index (χ1n) is 12.1. The lowest BCUT2D eigenvalue weighted by atomic mass is 9.81. The number of nitrogens with zero attached hydrogens (tertiary/aromatic N) is 2. The van der Waals surface area contributed by atoms with Crippen molar-refractivity contribution >= 4 is 23.3 Å². The van der Waals surface area contributed by atoms with Gasteiger partial charge in [0.25, 0.3) is 0 Å². The predicted molar refractivity (Wildman–Crippen MR) is 127 cm³/mol. The molecule has 2 saturated heterocycles. The lowest BCUT2D eigenvalue weighted by Crippen LogP contribution is -2.53. The standard InChI is InChI=1S/C27H28N2O6/c1-16-9-17(2)25-20(10-16)21(30)13-27(35-25)5-7-28(8-6-27)26(32)18-11-24(31)29(14-18)19-3-4-22-23(12-19)34-15-33-22/h3-4,9-10,12,18H,5-8,11,13-15H2,1-2H3. The molecule has 0 aliphatic carbocycles. The minimum atomic E-state index is -0.565. The van der Waals surface area contributed by atoms with Crippen molar-refractivity contribution in [2.45, 2.75) is 45.1 Å². The Morgan fingerprint density at radius 3 is 2.60 bits per heavy atom. The van der Waals surface area contributed by atoms with Crippen molar-refractivity contribution in [1.29, 1.82) is 0 Å². The molecule has 0 bridgehead atoms. The third-order valence-corrected chi connectivity index (χ3v) is 7.65. The summed E-state index contributed by atoms with van der Waals surface area (Å²) in [5, 5.41) is 0. The summed E-state index contributed by atoms with van der Waals surface area (Å²) in [7, 11) is 0. The summed E-state index contributed by atoms with van der Waals surface area (Å²) in [4.78, 5) is 42.5. The van der Waals surface area contributed by atoms with Crippen LogP contribution in [0, 0.1) is 19.8 Å². The number of likely N-dealkylation sites (tertiary alicyclic amines) is 1. The van der Waals surface area contributed by atoms with Gasteiger partial charge in [0.2, 0.25) is 18.6 Å². The number of Topliss-reactive ketones (excluding diaryl/α,β-unsaturated/α-hetero) is 1. The molecule has 8 heteroatoms. The van der Waals surface area contributed by atoms with E-state index in [-0.39, 0.29) is 36.7 Å². The van der Waals surface area contributed by atoms with Crippen molar-refractivity contribution in [2.24, 2.45) is 5.92 Å². The van der Waals surface area contributed by atoms with E-state index in [4.69, 9.17) is 14.2 Å². The van der Waals surface area contributed by atoms with Gasteiger partial charge in [-0.25, -0.2) is 0 Å². The zero-order valence-electron chi connectivity index (χ0n) is 20.0. The van der Waals surface area contributed by atoms with E-state index in [2.05, 4.69) is 0 Å². The highest BCUT2D eigenvalue weighted by atomic mass is 16.7. The maximum absolute atomic E-state index is 13.3. The van der Waals surface area contributed by atoms with E-state index >= 15 is 0 Å². The third kappa shape index (κ3) is 3.72. The molecule has 0 radical (unpaired) electrons. The first-order valence-corrected chi connectivity index (χ1v) is 12.1. The molecular weight excluding hydrogens is 448 g/mol. The molecule has 8 nitrogen and oxygen atoms in total. The van der Waals surface area contributed by atoms with Crippen molar-refractivity contribution in [3.05, 3.63) is 47.0 Å². The van der Waals surface area contributed by atoms with Crippen LogP contribution >= 0.6 is 0 Å². The molecule has 2 amide bonds. The van der Waals surface area contributed by atoms with Crippen molar-refractivity contribution in [3.63, 3.8) is 0 Å². The first-order chi connectivity index (χ1) is 16.8. The molecule has 4 aliphatic heterocycles. The number of rotatable bonds is 2. The second-order valence-corrected chi connectivity index (χ2v) is 10.1. The van der Waals surface area contributed by atoms with Crippen LogP contribution in [-0.4, -0.2) is 54.5 Å². The van der Waals surface area contributed by atoms with Crippen LogP contribution in [0.25, 0.3) is 0 Å². The van der Waals surface area contributed by atoms with Crippen LogP contribution in [0.4, 0.5) is 5.69 Å². The molecule has 0 aromatic heterocycles. The summed E-state index contributed by atoms with van der Waals surface area (Å²) < 4.78 is 17.2. The minimum Gasteiger partial charge on any atom is -0.486 e. The molecule has 2 aromatic rings. The molecule has 1 unspecified atom stereocenters. The van der Waals surface area contributed by atoms with Gasteiger partial charge >= 0.3 is 0 Å². The fourth-order valence-electron chi connectivity index (χ4n) is 5.78. The van der Waals surface area contributed by atoms with Gasteiger partial charge in [0.1, 0.15) is 11.4 Å². The number of benzene rings is 2. The topological polar surface area (TPSA) is 85.4 Å². The van der Waals surface area contributed by atoms with Crippen LogP contribution in [0.1, 0.15) is 47.2 Å². The Balaban J connectivity index is 1.12. The Labute approximate surface area is 203 Å². The van der Waals surface area contributed by atoms with Gasteiger partial charge in [0, 0.05) is 50.7 Å². The van der Waals surface area contributed by atoms with Gasteiger partial charge in [-0.05, 0) is 43.2 Å². The Morgan fingerprint density at radius 2 is 1.80 bits per heavy atom. The number of aryl methyl sites for hydroxylation is 2. The summed E-state index contributed by atoms with van der Waals surface area (Å²) in [6, 6.07) is 9.33. The number of carbonyl (C=O) groups is 3. The zero-order chi connectivity index (χ0) is 24.3. The van der Waals surface area contributed by atoms with E-state index in [1.54, 1.807) is 17.0 Å². The average molecular weight is 477 g/mol. The fraction of sp³-hybridized carbons (Fsp3) is 0.444. The SMILES string of the molecule is Cc1cc(C)c2c(c1)C(=O)CC1(CCN(C(=O)C3CC(=O)N(c4ccc5c(c4)OCO5)C3)CC1)O2. The fourth-order valence-corrected chi connectivity index (χ4v) is 5.78. The number of anilines is 1. The second-order valence-electron chi connectivity index (χ2n) is 10.1. The van der Waals surface area contributed by atoms with E-state index < -0.39 is 5.60 Å². The zero-order valence-corrected chi connectivity index (χ0v) is 20.0. The number of hydrogen-bond acceptors (Lipinski definition) is 6. The third-order valence-electron chi connectivity index (χ3n) is 7.65. The van der Waals surface area contributed by atoms with Gasteiger partial charge in [0.05, 0.1) is 17.9 Å². The highest BCUT2D eigenvalue weighted by Gasteiger charge is 2.46. The van der Waals surface area contributed by atoms with Gasteiger partial charge < -0.3 is 24.0 Å². The van der Waals surface area contributed by atoms with Crippen LogP contribution < -0.4 is 19.1 Å². The Morgan fingerprint density at radius 1 is 1.03 bits per heavy atom. The minimum absolute atomic E-state index is 0.00853. The smallest absolute Gasteiger partial charge is 0.231 e. The molecule has 0 N–H and O–H groups in total. The maximum Gasteiger partial charge on any atom is 0.231 e. The van der Waals surface area contributed by atoms with E-state index in [1.165, 1.54) is 0 Å². The lowest BCUT2D eigenvalue weighted by molar-refractivity contribution is -0.139. The van der Waals surface area contributed by atoms with Crippen molar-refractivity contribution in [3.8, 4) is 17.2 Å². The van der Waals surface area contributed by atoms with Crippen LogP contribution in [0.2, 0.25) is 0 Å². The Bertz CT molecular complexity index is 1250. The summed E-state index contributed by atoms with van der Waals surface area (Å²) in [6.45, 7) is 5.50. The molecule has 182 valence electrons. The summed E-state index contributed by atoms with van der Waals surface area (Å²) in [6.07, 6.45) is 1.73. The second kappa shape index (κ2) is 8.00. The van der Waals surface area contributed by atoms with Crippen molar-refractivity contribution in [1.82, 2.24) is 4.90 Å². The first kappa shape index (κ1) is 21.9. The van der Waals surface area contributed by atoms with Crippen molar-refractivity contribution in [2.75, 3.05) is 31.3 Å². The van der Waals surface area contributed by atoms with Gasteiger partial charge in [-0.15, -0.1) is 0 Å². The van der Waals surface area contributed by atoms with Gasteiger partial charge in [0.15, 0.2) is 17.3 Å². The number of ether oxygens (including phenoxy) is 3. The molecule has 1 atom stereocenters. The quantitative estimate of drug-likeness (QED) is 0.661. The normalized spacial score (nSPS) is 22.4. The van der Waals surface area contributed by atoms with E-state index in [9.17, 15) is 14.4 Å². The number of carbonyl (C=O) groups excluding carboxylic acids is 3. The molecule has 2 fully saturated rings. The summed E-state index contributed by atoms with van der Waals surface area (Å²) >= 11 is 0. The molecule has 1 spiro atoms. The Hall–Kier alpha value is -3.55. The van der Waals surface area contributed by atoms with E-state index in [1.807, 2.05) is 36.9 Å². The summed E-state index contributed by atoms with van der Waals surface area (Å²) in [5.41, 5.74) is 2.84. The Kier molecular flexibility index (Phi) is 5.02. The molecule has 2 aromatic carbocycles. The van der Waals surface area contributed by atoms with Crippen LogP contribution in [0.5, 0.6) is 17.2 Å². The van der Waals surface area contributed by atoms with Crippen LogP contribution in [-0.2, 0) is 9.59 Å². The highest BCUT2D eigenvalue weighted by Crippen LogP contribution is 2.42. The number of ketones is 1. The largest absolute Gasteiger partial charge is 0.486 e. The lowest BCUT2D eigenvalue weighted by Gasteiger charge is -2.44. The monoisotopic (exact) mass is 476 g/mol. The molecule has 35 heavy (non-hydrogen) atoms. The number of fused-ring (bicyclic) bond motifs is 2. The highest BCUT2D eigenvalue weighted by molar-refractivity contribution is 6.01. The molecular formula is C27H28N2O6. The van der Waals surface area contributed by atoms with Crippen LogP contribution in [0.15, 0.2) is 30.3 Å². The number of amides is 2.